The van der Waals surface area contributed by atoms with Gasteiger partial charge in [-0.25, -0.2) is 4.79 Å². The Labute approximate surface area is 87.9 Å². The largest absolute Gasteiger partial charge is 0.465 e. The molecule has 1 amide bonds. The molecule has 0 aliphatic rings. The van der Waals surface area contributed by atoms with Gasteiger partial charge in [0.05, 0.1) is 12.0 Å². The van der Waals surface area contributed by atoms with Crippen LogP contribution in [0.2, 0.25) is 0 Å². The highest BCUT2D eigenvalue weighted by molar-refractivity contribution is 6.18. The second-order valence-electron chi connectivity index (χ2n) is 2.96. The third kappa shape index (κ3) is 2.39. The Morgan fingerprint density at radius 1 is 1.50 bits per heavy atom. The number of nitrogens with zero attached hydrogens (tertiary/aromatic N) is 1. The first-order chi connectivity index (χ1) is 6.66. The van der Waals surface area contributed by atoms with Crippen molar-refractivity contribution in [2.45, 2.75) is 13.0 Å². The number of rotatable bonds is 3. The topological polar surface area (TPSA) is 40.5 Å². The summed E-state index contributed by atoms with van der Waals surface area (Å²) < 4.78 is 0. The van der Waals surface area contributed by atoms with Crippen LogP contribution in [-0.2, 0) is 0 Å². The zero-order valence-electron chi connectivity index (χ0n) is 7.85. The monoisotopic (exact) mass is 213 g/mol. The normalized spacial score (nSPS) is 12.1. The van der Waals surface area contributed by atoms with Crippen LogP contribution >= 0.6 is 11.6 Å². The predicted octanol–water partition coefficient (Wildman–Crippen LogP) is 2.92. The molecule has 1 N–H and O–H groups in total. The highest BCUT2D eigenvalue weighted by Crippen LogP contribution is 2.19. The minimum atomic E-state index is -1.00. The Kier molecular flexibility index (Phi) is 3.77. The molecule has 1 rings (SSSR count). The van der Waals surface area contributed by atoms with Crippen LogP contribution in [0, 0.1) is 0 Å². The molecule has 4 heteroatoms. The Morgan fingerprint density at radius 3 is 2.50 bits per heavy atom. The predicted molar refractivity (Wildman–Crippen MR) is 55.4 cm³/mol. The maximum Gasteiger partial charge on any atom is 0.408 e. The van der Waals surface area contributed by atoms with Crippen LogP contribution in [0.1, 0.15) is 18.5 Å². The van der Waals surface area contributed by atoms with Crippen LogP contribution in [0.25, 0.3) is 0 Å². The number of hydrogen-bond acceptors (Lipinski definition) is 1. The maximum absolute atomic E-state index is 10.8. The van der Waals surface area contributed by atoms with Crippen molar-refractivity contribution in [1.82, 2.24) is 4.90 Å². The third-order valence-electron chi connectivity index (χ3n) is 2.12. The molecule has 76 valence electrons. The smallest absolute Gasteiger partial charge is 0.408 e. The Hall–Kier alpha value is -1.22. The second kappa shape index (κ2) is 4.86. The van der Waals surface area contributed by atoms with E-state index in [9.17, 15) is 4.79 Å². The molecule has 1 atom stereocenters. The van der Waals surface area contributed by atoms with Crippen molar-refractivity contribution in [2.75, 3.05) is 6.00 Å². The number of amides is 1. The van der Waals surface area contributed by atoms with Gasteiger partial charge in [0.1, 0.15) is 0 Å². The van der Waals surface area contributed by atoms with E-state index in [1.807, 2.05) is 37.3 Å². The van der Waals surface area contributed by atoms with E-state index in [1.54, 1.807) is 0 Å². The van der Waals surface area contributed by atoms with Gasteiger partial charge in [-0.15, -0.1) is 11.6 Å². The van der Waals surface area contributed by atoms with Gasteiger partial charge in [-0.1, -0.05) is 30.3 Å². The van der Waals surface area contributed by atoms with E-state index in [1.165, 1.54) is 4.90 Å². The van der Waals surface area contributed by atoms with Crippen molar-refractivity contribution in [3.63, 3.8) is 0 Å². The fourth-order valence-corrected chi connectivity index (χ4v) is 1.54. The molecule has 0 aliphatic heterocycles. The van der Waals surface area contributed by atoms with Gasteiger partial charge < -0.3 is 5.11 Å². The number of halogens is 1. The number of benzene rings is 1. The summed E-state index contributed by atoms with van der Waals surface area (Å²) in [6.45, 7) is 1.81. The second-order valence-corrected chi connectivity index (χ2v) is 3.20. The van der Waals surface area contributed by atoms with Gasteiger partial charge >= 0.3 is 6.09 Å². The maximum atomic E-state index is 10.8. The van der Waals surface area contributed by atoms with E-state index in [0.717, 1.165) is 5.56 Å². The van der Waals surface area contributed by atoms with Crippen LogP contribution in [-0.4, -0.2) is 22.1 Å². The lowest BCUT2D eigenvalue weighted by molar-refractivity contribution is 0.138. The SMILES string of the molecule is CC(c1ccccc1)N(CCl)C(=O)O. The van der Waals surface area contributed by atoms with Gasteiger partial charge in [0.25, 0.3) is 0 Å². The highest BCUT2D eigenvalue weighted by atomic mass is 35.5. The van der Waals surface area contributed by atoms with E-state index in [0.29, 0.717) is 0 Å². The highest BCUT2D eigenvalue weighted by Gasteiger charge is 2.18. The van der Waals surface area contributed by atoms with Gasteiger partial charge in [-0.3, -0.25) is 4.90 Å². The average Bonchev–Trinajstić information content (AvgIpc) is 2.19. The fourth-order valence-electron chi connectivity index (χ4n) is 1.23. The number of hydrogen-bond donors (Lipinski definition) is 1. The summed E-state index contributed by atoms with van der Waals surface area (Å²) >= 11 is 5.55. The first kappa shape index (κ1) is 10.9. The summed E-state index contributed by atoms with van der Waals surface area (Å²) in [6.07, 6.45) is -1.00. The van der Waals surface area contributed by atoms with E-state index in [2.05, 4.69) is 0 Å². The summed E-state index contributed by atoms with van der Waals surface area (Å²) in [7, 11) is 0. The zero-order chi connectivity index (χ0) is 10.6. The van der Waals surface area contributed by atoms with Crippen molar-refractivity contribution >= 4 is 17.7 Å². The molecule has 1 unspecified atom stereocenters. The molecule has 0 saturated heterocycles. The molecular weight excluding hydrogens is 202 g/mol. The Balaban J connectivity index is 2.83. The number of carboxylic acid groups (broad SMARTS) is 1. The molecule has 0 radical (unpaired) electrons. The standard InChI is InChI=1S/C10H12ClNO2/c1-8(12(7-11)10(13)14)9-5-3-2-4-6-9/h2-6,8H,7H2,1H3,(H,13,14). The van der Waals surface area contributed by atoms with Crippen molar-refractivity contribution in [1.29, 1.82) is 0 Å². The van der Waals surface area contributed by atoms with Crippen molar-refractivity contribution < 1.29 is 9.90 Å². The minimum absolute atomic E-state index is 0.0224. The molecule has 0 bridgehead atoms. The molecule has 0 heterocycles. The summed E-state index contributed by atoms with van der Waals surface area (Å²) in [4.78, 5) is 12.0. The van der Waals surface area contributed by atoms with Crippen LogP contribution in [0.5, 0.6) is 0 Å². The minimum Gasteiger partial charge on any atom is -0.465 e. The molecule has 0 saturated carbocycles. The van der Waals surface area contributed by atoms with E-state index in [-0.39, 0.29) is 12.0 Å². The molecule has 0 spiro atoms. The van der Waals surface area contributed by atoms with Crippen LogP contribution in [0.3, 0.4) is 0 Å². The molecule has 1 aromatic rings. The third-order valence-corrected chi connectivity index (χ3v) is 2.38. The lowest BCUT2D eigenvalue weighted by Crippen LogP contribution is -2.30. The van der Waals surface area contributed by atoms with Gasteiger partial charge in [0.2, 0.25) is 0 Å². The zero-order valence-corrected chi connectivity index (χ0v) is 8.61. The van der Waals surface area contributed by atoms with Crippen molar-refractivity contribution in [3.8, 4) is 0 Å². The average molecular weight is 214 g/mol. The summed E-state index contributed by atoms with van der Waals surface area (Å²) in [5.41, 5.74) is 0.940. The summed E-state index contributed by atoms with van der Waals surface area (Å²) in [5, 5.41) is 8.85. The Morgan fingerprint density at radius 2 is 2.07 bits per heavy atom. The van der Waals surface area contributed by atoms with Crippen LogP contribution < -0.4 is 0 Å². The number of alkyl halides is 1. The summed E-state index contributed by atoms with van der Waals surface area (Å²) in [6, 6.07) is 9.17. The first-order valence-corrected chi connectivity index (χ1v) is 4.80. The van der Waals surface area contributed by atoms with Crippen LogP contribution in [0.15, 0.2) is 30.3 Å². The molecule has 14 heavy (non-hydrogen) atoms. The van der Waals surface area contributed by atoms with Crippen LogP contribution in [0.4, 0.5) is 4.79 Å². The molecular formula is C10H12ClNO2. The van der Waals surface area contributed by atoms with E-state index in [4.69, 9.17) is 16.7 Å². The van der Waals surface area contributed by atoms with Gasteiger partial charge in [0, 0.05) is 0 Å². The lowest BCUT2D eigenvalue weighted by Gasteiger charge is -2.24. The van der Waals surface area contributed by atoms with Gasteiger partial charge in [0.15, 0.2) is 0 Å². The summed E-state index contributed by atoms with van der Waals surface area (Å²) in [5.74, 6) is 0. The fraction of sp³-hybridized carbons (Fsp3) is 0.300. The molecule has 3 nitrogen and oxygen atoms in total. The Bertz CT molecular complexity index is 302. The number of carbonyl (C=O) groups is 1. The van der Waals surface area contributed by atoms with E-state index >= 15 is 0 Å². The first-order valence-electron chi connectivity index (χ1n) is 4.27. The van der Waals surface area contributed by atoms with Gasteiger partial charge in [-0.05, 0) is 12.5 Å². The lowest BCUT2D eigenvalue weighted by atomic mass is 10.1. The molecule has 0 aliphatic carbocycles. The van der Waals surface area contributed by atoms with Gasteiger partial charge in [-0.2, -0.15) is 0 Å². The van der Waals surface area contributed by atoms with Crippen molar-refractivity contribution in [3.05, 3.63) is 35.9 Å². The van der Waals surface area contributed by atoms with E-state index < -0.39 is 6.09 Å². The quantitative estimate of drug-likeness (QED) is 0.620. The molecule has 0 fully saturated rings. The molecule has 0 aromatic heterocycles. The van der Waals surface area contributed by atoms with Crippen molar-refractivity contribution in [2.24, 2.45) is 0 Å². The molecule has 1 aromatic carbocycles.